The van der Waals surface area contributed by atoms with Crippen molar-refractivity contribution in [3.8, 4) is 11.4 Å². The maximum absolute atomic E-state index is 13.3. The lowest BCUT2D eigenvalue weighted by Gasteiger charge is -2.06. The second kappa shape index (κ2) is 4.81. The third-order valence-corrected chi connectivity index (χ3v) is 4.35. The number of nitrogens with one attached hydrogen (secondary N) is 1. The fraction of sp³-hybridized carbons (Fsp3) is 0.143. The van der Waals surface area contributed by atoms with Crippen LogP contribution in [0.1, 0.15) is 10.4 Å². The lowest BCUT2D eigenvalue weighted by Crippen LogP contribution is -2.10. The summed E-state index contributed by atoms with van der Waals surface area (Å²) in [5, 5.41) is 0.926. The number of benzene rings is 1. The summed E-state index contributed by atoms with van der Waals surface area (Å²) in [6, 6.07) is 6.22. The average molecular weight is 288 g/mol. The highest BCUT2D eigenvalue weighted by atomic mass is 32.1. The van der Waals surface area contributed by atoms with E-state index in [-0.39, 0.29) is 5.82 Å². The number of nitrogen functional groups attached to an aromatic ring is 1. The molecule has 0 saturated heterocycles. The summed E-state index contributed by atoms with van der Waals surface area (Å²) in [5.74, 6) is 6.28. The first kappa shape index (κ1) is 13.0. The molecule has 3 rings (SSSR count). The van der Waals surface area contributed by atoms with Crippen LogP contribution in [0.2, 0.25) is 0 Å². The lowest BCUT2D eigenvalue weighted by molar-refractivity contribution is 0.628. The first-order chi connectivity index (χ1) is 9.60. The molecule has 0 bridgehead atoms. The molecule has 3 aromatic rings. The predicted molar refractivity (Wildman–Crippen MR) is 80.1 cm³/mol. The number of halogens is 1. The van der Waals surface area contributed by atoms with E-state index in [1.54, 1.807) is 23.5 Å². The second-order valence-corrected chi connectivity index (χ2v) is 5.72. The van der Waals surface area contributed by atoms with E-state index in [9.17, 15) is 4.39 Å². The van der Waals surface area contributed by atoms with Crippen molar-refractivity contribution in [3.05, 3.63) is 40.5 Å². The Morgan fingerprint density at radius 3 is 2.75 bits per heavy atom. The first-order valence-electron chi connectivity index (χ1n) is 6.10. The Kier molecular flexibility index (Phi) is 3.11. The predicted octanol–water partition coefficient (Wildman–Crippen LogP) is 3.40. The summed E-state index contributed by atoms with van der Waals surface area (Å²) in [7, 11) is 0. The van der Waals surface area contributed by atoms with E-state index >= 15 is 0 Å². The van der Waals surface area contributed by atoms with Gasteiger partial charge in [0.2, 0.25) is 0 Å². The third-order valence-electron chi connectivity index (χ3n) is 3.25. The van der Waals surface area contributed by atoms with Gasteiger partial charge in [0.25, 0.3) is 0 Å². The van der Waals surface area contributed by atoms with Gasteiger partial charge in [0.15, 0.2) is 11.6 Å². The Morgan fingerprint density at radius 2 is 2.05 bits per heavy atom. The van der Waals surface area contributed by atoms with Gasteiger partial charge in [-0.15, -0.1) is 11.3 Å². The number of thiophene rings is 1. The van der Waals surface area contributed by atoms with Crippen LogP contribution in [-0.2, 0) is 0 Å². The van der Waals surface area contributed by atoms with Crippen LogP contribution in [0.4, 0.5) is 10.2 Å². The van der Waals surface area contributed by atoms with Gasteiger partial charge in [0, 0.05) is 10.4 Å². The number of aromatic nitrogens is 2. The highest BCUT2D eigenvalue weighted by molar-refractivity contribution is 7.18. The maximum Gasteiger partial charge on any atom is 0.163 e. The van der Waals surface area contributed by atoms with Crippen LogP contribution in [-0.4, -0.2) is 9.97 Å². The van der Waals surface area contributed by atoms with E-state index in [4.69, 9.17) is 5.84 Å². The van der Waals surface area contributed by atoms with E-state index in [2.05, 4.69) is 15.4 Å². The van der Waals surface area contributed by atoms with Gasteiger partial charge in [-0.2, -0.15) is 0 Å². The Balaban J connectivity index is 2.28. The Bertz CT molecular complexity index is 797. The van der Waals surface area contributed by atoms with Gasteiger partial charge in [0.1, 0.15) is 10.6 Å². The summed E-state index contributed by atoms with van der Waals surface area (Å²) in [6.07, 6.45) is 0. The molecule has 20 heavy (non-hydrogen) atoms. The van der Waals surface area contributed by atoms with Crippen molar-refractivity contribution >= 4 is 27.4 Å². The molecule has 4 nitrogen and oxygen atoms in total. The quantitative estimate of drug-likeness (QED) is 0.560. The van der Waals surface area contributed by atoms with Crippen molar-refractivity contribution in [3.63, 3.8) is 0 Å². The average Bonchev–Trinajstić information content (AvgIpc) is 2.73. The molecule has 102 valence electrons. The van der Waals surface area contributed by atoms with E-state index in [1.807, 2.05) is 13.8 Å². The molecule has 3 N–H and O–H groups in total. The molecule has 0 amide bonds. The van der Waals surface area contributed by atoms with Crippen LogP contribution < -0.4 is 11.3 Å². The van der Waals surface area contributed by atoms with Gasteiger partial charge in [0.05, 0.1) is 5.39 Å². The normalized spacial score (nSPS) is 11.0. The Morgan fingerprint density at radius 1 is 1.25 bits per heavy atom. The maximum atomic E-state index is 13.3. The fourth-order valence-corrected chi connectivity index (χ4v) is 3.14. The summed E-state index contributed by atoms with van der Waals surface area (Å²) in [4.78, 5) is 10.9. The smallest absolute Gasteiger partial charge is 0.163 e. The highest BCUT2D eigenvalue weighted by Gasteiger charge is 2.15. The zero-order chi connectivity index (χ0) is 14.3. The van der Waals surface area contributed by atoms with Crippen LogP contribution in [0, 0.1) is 19.7 Å². The SMILES string of the molecule is Cc1sc2nc(-c3cccc(F)c3)nc(NN)c2c1C. The summed E-state index contributed by atoms with van der Waals surface area (Å²) >= 11 is 1.58. The van der Waals surface area contributed by atoms with Crippen LogP contribution in [0.25, 0.3) is 21.6 Å². The van der Waals surface area contributed by atoms with Gasteiger partial charge in [-0.05, 0) is 31.5 Å². The summed E-state index contributed by atoms with van der Waals surface area (Å²) in [5.41, 5.74) is 4.36. The number of hydrogen-bond donors (Lipinski definition) is 2. The monoisotopic (exact) mass is 288 g/mol. The second-order valence-electron chi connectivity index (χ2n) is 4.51. The Hall–Kier alpha value is -2.05. The number of fused-ring (bicyclic) bond motifs is 1. The minimum atomic E-state index is -0.313. The Labute approximate surface area is 119 Å². The molecule has 6 heteroatoms. The van der Waals surface area contributed by atoms with Crippen molar-refractivity contribution in [1.29, 1.82) is 0 Å². The lowest BCUT2D eigenvalue weighted by atomic mass is 10.2. The van der Waals surface area contributed by atoms with Crippen LogP contribution in [0.5, 0.6) is 0 Å². The molecule has 0 atom stereocenters. The molecule has 0 saturated carbocycles. The topological polar surface area (TPSA) is 63.8 Å². The molecule has 0 radical (unpaired) electrons. The molecule has 0 aliphatic rings. The van der Waals surface area contributed by atoms with Gasteiger partial charge in [-0.25, -0.2) is 20.2 Å². The van der Waals surface area contributed by atoms with Crippen molar-refractivity contribution in [2.24, 2.45) is 5.84 Å². The summed E-state index contributed by atoms with van der Waals surface area (Å²) < 4.78 is 13.3. The molecular weight excluding hydrogens is 275 g/mol. The van der Waals surface area contributed by atoms with Gasteiger partial charge in [-0.1, -0.05) is 12.1 Å². The standard InChI is InChI=1S/C14H13FN4S/c1-7-8(2)20-14-11(7)13(19-16)17-12(18-14)9-4-3-5-10(15)6-9/h3-6H,16H2,1-2H3,(H,17,18,19). The van der Waals surface area contributed by atoms with E-state index in [1.165, 1.54) is 17.0 Å². The number of anilines is 1. The van der Waals surface area contributed by atoms with Gasteiger partial charge in [-0.3, -0.25) is 0 Å². The fourth-order valence-electron chi connectivity index (χ4n) is 2.11. The van der Waals surface area contributed by atoms with Gasteiger partial charge >= 0.3 is 0 Å². The van der Waals surface area contributed by atoms with E-state index in [0.717, 1.165) is 15.8 Å². The van der Waals surface area contributed by atoms with Gasteiger partial charge < -0.3 is 5.43 Å². The highest BCUT2D eigenvalue weighted by Crippen LogP contribution is 2.34. The molecule has 0 aliphatic heterocycles. The zero-order valence-electron chi connectivity index (χ0n) is 11.1. The molecule has 0 fully saturated rings. The minimum Gasteiger partial charge on any atom is -0.308 e. The van der Waals surface area contributed by atoms with E-state index in [0.29, 0.717) is 17.2 Å². The van der Waals surface area contributed by atoms with E-state index < -0.39 is 0 Å². The number of aryl methyl sites for hydroxylation is 2. The van der Waals surface area contributed by atoms with Crippen molar-refractivity contribution < 1.29 is 4.39 Å². The molecule has 0 aliphatic carbocycles. The number of hydrazine groups is 1. The third kappa shape index (κ3) is 2.03. The summed E-state index contributed by atoms with van der Waals surface area (Å²) in [6.45, 7) is 4.05. The van der Waals surface area contributed by atoms with Crippen LogP contribution in [0.3, 0.4) is 0 Å². The van der Waals surface area contributed by atoms with Crippen molar-refractivity contribution in [2.45, 2.75) is 13.8 Å². The van der Waals surface area contributed by atoms with Crippen LogP contribution >= 0.6 is 11.3 Å². The number of nitrogens with zero attached hydrogens (tertiary/aromatic N) is 2. The number of rotatable bonds is 2. The molecule has 1 aromatic carbocycles. The number of hydrogen-bond acceptors (Lipinski definition) is 5. The first-order valence-corrected chi connectivity index (χ1v) is 6.92. The minimum absolute atomic E-state index is 0.313. The zero-order valence-corrected chi connectivity index (χ0v) is 11.9. The molecule has 0 unspecified atom stereocenters. The van der Waals surface area contributed by atoms with Crippen LogP contribution in [0.15, 0.2) is 24.3 Å². The van der Waals surface area contributed by atoms with Crippen molar-refractivity contribution in [1.82, 2.24) is 9.97 Å². The largest absolute Gasteiger partial charge is 0.308 e. The molecule has 0 spiro atoms. The number of nitrogens with two attached hydrogens (primary N) is 1. The molecular formula is C14H13FN4S. The molecule has 2 heterocycles. The van der Waals surface area contributed by atoms with Crippen molar-refractivity contribution in [2.75, 3.05) is 5.43 Å². The molecule has 2 aromatic heterocycles.